The number of pyridine rings is 1. The van der Waals surface area contributed by atoms with Crippen LogP contribution in [0.4, 0.5) is 4.39 Å². The lowest BCUT2D eigenvalue weighted by Gasteiger charge is -2.27. The number of aromatic carboxylic acids is 1. The quantitative estimate of drug-likeness (QED) is 0.221. The summed E-state index contributed by atoms with van der Waals surface area (Å²) in [5, 5.41) is 9.81. The number of halogens is 2. The predicted molar refractivity (Wildman–Crippen MR) is 149 cm³/mol. The van der Waals surface area contributed by atoms with Crippen molar-refractivity contribution in [1.82, 2.24) is 14.5 Å². The molecule has 0 spiro atoms. The summed E-state index contributed by atoms with van der Waals surface area (Å²) >= 11 is 5.86. The third kappa shape index (κ3) is 5.41. The summed E-state index contributed by atoms with van der Waals surface area (Å²) in [5.41, 5.74) is 4.91. The predicted octanol–water partition coefficient (Wildman–Crippen LogP) is 6.55. The van der Waals surface area contributed by atoms with E-state index in [9.17, 15) is 14.3 Å². The molecule has 7 nitrogen and oxygen atoms in total. The van der Waals surface area contributed by atoms with E-state index < -0.39 is 11.8 Å². The van der Waals surface area contributed by atoms with Gasteiger partial charge in [-0.05, 0) is 60.0 Å². The Morgan fingerprint density at radius 3 is 2.67 bits per heavy atom. The molecule has 6 rings (SSSR count). The highest BCUT2D eigenvalue weighted by molar-refractivity contribution is 6.30. The molecular weight excluding hydrogens is 533 g/mol. The molecule has 1 aliphatic rings. The van der Waals surface area contributed by atoms with Gasteiger partial charge in [-0.2, -0.15) is 0 Å². The molecule has 1 N–H and O–H groups in total. The van der Waals surface area contributed by atoms with Gasteiger partial charge in [-0.1, -0.05) is 41.9 Å². The Bertz CT molecular complexity index is 1700. The highest BCUT2D eigenvalue weighted by Gasteiger charge is 2.22. The van der Waals surface area contributed by atoms with Crippen molar-refractivity contribution in [3.63, 3.8) is 0 Å². The number of hydrogen-bond donors (Lipinski definition) is 1. The number of fused-ring (bicyclic) bond motifs is 1. The molecule has 1 unspecified atom stereocenters. The number of imidazole rings is 1. The minimum Gasteiger partial charge on any atom is -0.478 e. The molecule has 0 radical (unpaired) electrons. The van der Waals surface area contributed by atoms with Crippen molar-refractivity contribution < 1.29 is 23.8 Å². The molecule has 1 aliphatic heterocycles. The summed E-state index contributed by atoms with van der Waals surface area (Å²) in [6.45, 7) is 1.39. The van der Waals surface area contributed by atoms with Crippen LogP contribution in [0.3, 0.4) is 0 Å². The van der Waals surface area contributed by atoms with Gasteiger partial charge < -0.3 is 19.1 Å². The SMILES string of the molecule is O=C(O)c1ccc2nc(Cc3ccc(-c4cccnc4OCc4ccc(Cl)cc4F)cc3)n(CC3CCO3)c2c1. The zero-order valence-corrected chi connectivity index (χ0v) is 22.1. The lowest BCUT2D eigenvalue weighted by atomic mass is 10.0. The second kappa shape index (κ2) is 11.1. The van der Waals surface area contributed by atoms with Crippen molar-refractivity contribution in [3.8, 4) is 17.0 Å². The van der Waals surface area contributed by atoms with Crippen molar-refractivity contribution in [2.45, 2.75) is 32.1 Å². The first-order valence-corrected chi connectivity index (χ1v) is 13.3. The molecular formula is C31H25ClFN3O4. The van der Waals surface area contributed by atoms with Crippen LogP contribution in [0.1, 0.15) is 33.7 Å². The monoisotopic (exact) mass is 557 g/mol. The topological polar surface area (TPSA) is 86.5 Å². The number of aromatic nitrogens is 3. The lowest BCUT2D eigenvalue weighted by molar-refractivity contribution is -0.0589. The van der Waals surface area contributed by atoms with Gasteiger partial charge in [-0.25, -0.2) is 19.2 Å². The van der Waals surface area contributed by atoms with Crippen molar-refractivity contribution in [2.75, 3.05) is 6.61 Å². The van der Waals surface area contributed by atoms with Gasteiger partial charge in [0.25, 0.3) is 0 Å². The van der Waals surface area contributed by atoms with Crippen LogP contribution in [-0.2, 0) is 24.3 Å². The molecule has 5 aromatic rings. The summed E-state index contributed by atoms with van der Waals surface area (Å²) in [4.78, 5) is 20.8. The van der Waals surface area contributed by atoms with Crippen molar-refractivity contribution in [3.05, 3.63) is 112 Å². The smallest absolute Gasteiger partial charge is 0.335 e. The first kappa shape index (κ1) is 26.0. The minimum absolute atomic E-state index is 0.0234. The molecule has 1 saturated heterocycles. The zero-order chi connectivity index (χ0) is 27.6. The molecule has 2 aromatic heterocycles. The van der Waals surface area contributed by atoms with Gasteiger partial charge in [0.15, 0.2) is 0 Å². The van der Waals surface area contributed by atoms with E-state index in [0.717, 1.165) is 46.6 Å². The van der Waals surface area contributed by atoms with Crippen LogP contribution in [0, 0.1) is 5.82 Å². The highest BCUT2D eigenvalue weighted by atomic mass is 35.5. The fourth-order valence-electron chi connectivity index (χ4n) is 4.77. The van der Waals surface area contributed by atoms with Crippen molar-refractivity contribution >= 4 is 28.6 Å². The summed E-state index contributed by atoms with van der Waals surface area (Å²) in [6, 6.07) is 21.3. The minimum atomic E-state index is -0.969. The molecule has 40 heavy (non-hydrogen) atoms. The molecule has 1 atom stereocenters. The molecule has 202 valence electrons. The maximum absolute atomic E-state index is 14.2. The van der Waals surface area contributed by atoms with Crippen LogP contribution >= 0.6 is 11.6 Å². The number of carbonyl (C=O) groups is 1. The van der Waals surface area contributed by atoms with E-state index in [1.54, 1.807) is 36.5 Å². The summed E-state index contributed by atoms with van der Waals surface area (Å²) in [7, 11) is 0. The Hall–Kier alpha value is -4.27. The summed E-state index contributed by atoms with van der Waals surface area (Å²) in [6.07, 6.45) is 3.26. The molecule has 0 aliphatic carbocycles. The van der Waals surface area contributed by atoms with E-state index in [0.29, 0.717) is 29.4 Å². The number of carboxylic acid groups (broad SMARTS) is 1. The Morgan fingerprint density at radius 2 is 1.95 bits per heavy atom. The van der Waals surface area contributed by atoms with Crippen LogP contribution in [0.25, 0.3) is 22.2 Å². The van der Waals surface area contributed by atoms with Gasteiger partial charge in [0.05, 0.1) is 29.2 Å². The second-order valence-electron chi connectivity index (χ2n) is 9.68. The number of rotatable bonds is 9. The lowest BCUT2D eigenvalue weighted by Crippen LogP contribution is -2.31. The Labute approximate surface area is 234 Å². The van der Waals surface area contributed by atoms with E-state index in [4.69, 9.17) is 26.1 Å². The van der Waals surface area contributed by atoms with Gasteiger partial charge in [0.1, 0.15) is 18.2 Å². The number of ether oxygens (including phenoxy) is 2. The van der Waals surface area contributed by atoms with Crippen LogP contribution in [0.15, 0.2) is 79.0 Å². The Balaban J connectivity index is 1.24. The third-order valence-electron chi connectivity index (χ3n) is 7.03. The molecule has 0 amide bonds. The summed E-state index contributed by atoms with van der Waals surface area (Å²) in [5.74, 6) is -0.149. The van der Waals surface area contributed by atoms with Crippen LogP contribution in [-0.4, -0.2) is 38.3 Å². The molecule has 9 heteroatoms. The maximum atomic E-state index is 14.2. The zero-order valence-electron chi connectivity index (χ0n) is 21.4. The molecule has 0 bridgehead atoms. The number of hydrogen-bond acceptors (Lipinski definition) is 5. The van der Waals surface area contributed by atoms with Gasteiger partial charge >= 0.3 is 5.97 Å². The van der Waals surface area contributed by atoms with E-state index >= 15 is 0 Å². The fourth-order valence-corrected chi connectivity index (χ4v) is 4.93. The number of benzene rings is 3. The molecule has 3 heterocycles. The first-order valence-electron chi connectivity index (χ1n) is 12.9. The molecule has 3 aromatic carbocycles. The number of nitrogens with zero attached hydrogens (tertiary/aromatic N) is 3. The van der Waals surface area contributed by atoms with E-state index in [1.807, 2.05) is 36.4 Å². The van der Waals surface area contributed by atoms with Gasteiger partial charge in [-0.3, -0.25) is 0 Å². The third-order valence-corrected chi connectivity index (χ3v) is 7.27. The van der Waals surface area contributed by atoms with Crippen LogP contribution in [0.5, 0.6) is 5.88 Å². The van der Waals surface area contributed by atoms with Crippen molar-refractivity contribution in [1.29, 1.82) is 0 Å². The van der Waals surface area contributed by atoms with Crippen LogP contribution < -0.4 is 4.74 Å². The van der Waals surface area contributed by atoms with E-state index in [2.05, 4.69) is 9.55 Å². The largest absolute Gasteiger partial charge is 0.478 e. The van der Waals surface area contributed by atoms with Crippen LogP contribution in [0.2, 0.25) is 5.02 Å². The van der Waals surface area contributed by atoms with Gasteiger partial charge in [-0.15, -0.1) is 0 Å². The first-order chi connectivity index (χ1) is 19.4. The fraction of sp³-hybridized carbons (Fsp3) is 0.194. The summed E-state index contributed by atoms with van der Waals surface area (Å²) < 4.78 is 27.8. The standard InChI is InChI=1S/C31H25ClFN3O4/c32-23-9-7-22(26(33)16-23)18-40-30-25(2-1-12-34-30)20-5-3-19(4-6-20)14-29-35-27-10-8-21(31(37)38)15-28(27)36(29)17-24-11-13-39-24/h1-10,12,15-16,24H,11,13-14,17-18H2,(H,37,38). The normalized spacial score (nSPS) is 14.7. The number of carboxylic acids is 1. The van der Waals surface area contributed by atoms with E-state index in [1.165, 1.54) is 6.07 Å². The Kier molecular flexibility index (Phi) is 7.19. The second-order valence-corrected chi connectivity index (χ2v) is 10.1. The highest BCUT2D eigenvalue weighted by Crippen LogP contribution is 2.30. The van der Waals surface area contributed by atoms with Gasteiger partial charge in [0.2, 0.25) is 5.88 Å². The van der Waals surface area contributed by atoms with Gasteiger partial charge in [0, 0.05) is 35.4 Å². The van der Waals surface area contributed by atoms with E-state index in [-0.39, 0.29) is 18.3 Å². The average molecular weight is 558 g/mol. The van der Waals surface area contributed by atoms with Crippen molar-refractivity contribution in [2.24, 2.45) is 0 Å². The molecule has 1 fully saturated rings. The maximum Gasteiger partial charge on any atom is 0.335 e. The average Bonchev–Trinajstić information content (AvgIpc) is 3.26. The molecule has 0 saturated carbocycles. The Morgan fingerprint density at radius 1 is 1.12 bits per heavy atom.